The lowest BCUT2D eigenvalue weighted by atomic mass is 9.55. The summed E-state index contributed by atoms with van der Waals surface area (Å²) >= 11 is 0. The molecule has 2 atom stereocenters. The third-order valence-corrected chi connectivity index (χ3v) is 5.47. The average Bonchev–Trinajstić information content (AvgIpc) is 2.56. The van der Waals surface area contributed by atoms with Crippen LogP contribution in [0.3, 0.4) is 0 Å². The van der Waals surface area contributed by atoms with Crippen molar-refractivity contribution >= 4 is 14.4 Å². The van der Waals surface area contributed by atoms with E-state index in [0.29, 0.717) is 5.92 Å². The Balaban J connectivity index is 2.74. The Morgan fingerprint density at radius 2 is 1.71 bits per heavy atom. The van der Waals surface area contributed by atoms with Crippen LogP contribution in [0.25, 0.3) is 0 Å². The monoisotopic (exact) mass is 297 g/mol. The van der Waals surface area contributed by atoms with Gasteiger partial charge in [-0.05, 0) is 54.4 Å². The highest BCUT2D eigenvalue weighted by Crippen LogP contribution is 2.43. The van der Waals surface area contributed by atoms with Gasteiger partial charge in [0.25, 0.3) is 0 Å². The standard InChI is InChI=1S/C15H31B2O4/c1-10-11(2)15(9)14(7,8)20-17(21-15)16-19-13(5,6)12(3,4)18/h11,18H,10H2,1-9H3. The van der Waals surface area contributed by atoms with Gasteiger partial charge in [0.05, 0.1) is 22.4 Å². The molecule has 0 aliphatic carbocycles. The fourth-order valence-corrected chi connectivity index (χ4v) is 2.34. The molecule has 0 bridgehead atoms. The van der Waals surface area contributed by atoms with Gasteiger partial charge in [-0.2, -0.15) is 0 Å². The van der Waals surface area contributed by atoms with Gasteiger partial charge in [-0.25, -0.2) is 0 Å². The number of hydrogen-bond acceptors (Lipinski definition) is 4. The number of aliphatic hydroxyl groups is 1. The lowest BCUT2D eigenvalue weighted by Crippen LogP contribution is -2.50. The highest BCUT2D eigenvalue weighted by atomic mass is 16.7. The predicted octanol–water partition coefficient (Wildman–Crippen LogP) is 2.79. The van der Waals surface area contributed by atoms with Crippen LogP contribution in [0.1, 0.15) is 68.7 Å². The Kier molecular flexibility index (Phi) is 5.32. The Bertz CT molecular complexity index is 365. The Hall–Kier alpha value is -0.0301. The molecule has 1 N–H and O–H groups in total. The highest BCUT2D eigenvalue weighted by Gasteiger charge is 2.56. The van der Waals surface area contributed by atoms with Crippen molar-refractivity contribution in [1.82, 2.24) is 0 Å². The van der Waals surface area contributed by atoms with Crippen molar-refractivity contribution in [2.24, 2.45) is 5.92 Å². The average molecular weight is 297 g/mol. The second-order valence-electron chi connectivity index (χ2n) is 7.85. The molecule has 1 fully saturated rings. The van der Waals surface area contributed by atoms with Gasteiger partial charge in [-0.3, -0.25) is 0 Å². The first-order chi connectivity index (χ1) is 9.27. The third-order valence-electron chi connectivity index (χ3n) is 5.47. The summed E-state index contributed by atoms with van der Waals surface area (Å²) in [7, 11) is 1.04. The summed E-state index contributed by atoms with van der Waals surface area (Å²) in [6.45, 7) is 17.7. The minimum atomic E-state index is -0.961. The molecule has 0 saturated carbocycles. The lowest BCUT2D eigenvalue weighted by molar-refractivity contribution is -0.0894. The van der Waals surface area contributed by atoms with E-state index in [2.05, 4.69) is 20.8 Å². The summed E-state index contributed by atoms with van der Waals surface area (Å²) in [5, 5.41) is 10.1. The van der Waals surface area contributed by atoms with Crippen LogP contribution in [-0.2, 0) is 14.0 Å². The normalized spacial score (nSPS) is 27.8. The first kappa shape index (κ1) is 19.0. The van der Waals surface area contributed by atoms with Crippen LogP contribution in [0.15, 0.2) is 0 Å². The summed E-state index contributed by atoms with van der Waals surface area (Å²) in [4.78, 5) is 0. The van der Waals surface area contributed by atoms with E-state index in [4.69, 9.17) is 14.0 Å². The van der Waals surface area contributed by atoms with Gasteiger partial charge in [0.1, 0.15) is 0 Å². The van der Waals surface area contributed by atoms with Crippen molar-refractivity contribution < 1.29 is 19.1 Å². The topological polar surface area (TPSA) is 47.9 Å². The molecule has 0 spiro atoms. The molecular formula is C15H31B2O4. The summed E-state index contributed by atoms with van der Waals surface area (Å²) < 4.78 is 17.9. The number of rotatable bonds is 6. The van der Waals surface area contributed by atoms with Crippen molar-refractivity contribution in [1.29, 1.82) is 0 Å². The van der Waals surface area contributed by atoms with Gasteiger partial charge in [0, 0.05) is 0 Å². The van der Waals surface area contributed by atoms with E-state index in [-0.39, 0.29) is 5.60 Å². The smallest absolute Gasteiger partial charge is 0.435 e. The summed E-state index contributed by atoms with van der Waals surface area (Å²) in [5.41, 5.74) is -2.45. The van der Waals surface area contributed by atoms with E-state index in [1.807, 2.05) is 27.7 Å². The largest absolute Gasteiger partial charge is 0.439 e. The van der Waals surface area contributed by atoms with Crippen LogP contribution in [0.2, 0.25) is 0 Å². The van der Waals surface area contributed by atoms with Gasteiger partial charge >= 0.3 is 14.4 Å². The van der Waals surface area contributed by atoms with Crippen LogP contribution >= 0.6 is 0 Å². The molecule has 1 rings (SSSR count). The zero-order chi connectivity index (χ0) is 16.7. The van der Waals surface area contributed by atoms with Crippen LogP contribution < -0.4 is 0 Å². The molecular weight excluding hydrogens is 266 g/mol. The molecule has 1 aliphatic heterocycles. The maximum atomic E-state index is 10.1. The fourth-order valence-electron chi connectivity index (χ4n) is 2.34. The van der Waals surface area contributed by atoms with Gasteiger partial charge in [0.15, 0.2) is 0 Å². The zero-order valence-electron chi connectivity index (χ0n) is 15.1. The molecule has 0 aromatic rings. The van der Waals surface area contributed by atoms with Crippen LogP contribution in [0.5, 0.6) is 0 Å². The molecule has 6 heteroatoms. The third kappa shape index (κ3) is 3.66. The minimum Gasteiger partial charge on any atom is -0.435 e. The lowest BCUT2D eigenvalue weighted by Gasteiger charge is -2.41. The summed E-state index contributed by atoms with van der Waals surface area (Å²) in [5.74, 6) is 0.369. The molecule has 0 amide bonds. The van der Waals surface area contributed by atoms with E-state index in [1.54, 1.807) is 21.2 Å². The van der Waals surface area contributed by atoms with Gasteiger partial charge in [-0.1, -0.05) is 20.3 Å². The molecule has 0 aromatic carbocycles. The Morgan fingerprint density at radius 3 is 2.14 bits per heavy atom. The molecule has 21 heavy (non-hydrogen) atoms. The zero-order valence-corrected chi connectivity index (χ0v) is 15.1. The molecule has 121 valence electrons. The first-order valence-electron chi connectivity index (χ1n) is 7.86. The molecule has 2 unspecified atom stereocenters. The van der Waals surface area contributed by atoms with Crippen molar-refractivity contribution in [3.8, 4) is 0 Å². The van der Waals surface area contributed by atoms with Gasteiger partial charge in [-0.15, -0.1) is 0 Å². The fraction of sp³-hybridized carbons (Fsp3) is 1.00. The van der Waals surface area contributed by atoms with E-state index < -0.39 is 23.8 Å². The van der Waals surface area contributed by atoms with Gasteiger partial charge in [0.2, 0.25) is 0 Å². The molecule has 1 radical (unpaired) electrons. The molecule has 1 heterocycles. The van der Waals surface area contributed by atoms with Crippen molar-refractivity contribution in [2.45, 2.75) is 91.1 Å². The van der Waals surface area contributed by atoms with Crippen molar-refractivity contribution in [3.63, 3.8) is 0 Å². The van der Waals surface area contributed by atoms with Crippen LogP contribution in [-0.4, -0.2) is 41.9 Å². The summed E-state index contributed by atoms with van der Waals surface area (Å²) in [6, 6.07) is 0. The van der Waals surface area contributed by atoms with E-state index in [9.17, 15) is 5.11 Å². The van der Waals surface area contributed by atoms with Crippen molar-refractivity contribution in [3.05, 3.63) is 0 Å². The SMILES string of the molecule is CCC(C)C1(C)OB([B]OC(C)(C)C(C)(C)O)OC1(C)C. The Morgan fingerprint density at radius 1 is 1.19 bits per heavy atom. The maximum Gasteiger partial charge on any atom is 0.439 e. The highest BCUT2D eigenvalue weighted by molar-refractivity contribution is 7.03. The second-order valence-corrected chi connectivity index (χ2v) is 7.85. The van der Waals surface area contributed by atoms with E-state index >= 15 is 0 Å². The van der Waals surface area contributed by atoms with E-state index in [0.717, 1.165) is 6.42 Å². The minimum absolute atomic E-state index is 0.369. The van der Waals surface area contributed by atoms with Crippen LogP contribution in [0, 0.1) is 5.92 Å². The molecule has 0 aromatic heterocycles. The molecule has 1 aliphatic rings. The molecule has 1 saturated heterocycles. The maximum absolute atomic E-state index is 10.1. The van der Waals surface area contributed by atoms with Crippen LogP contribution in [0.4, 0.5) is 0 Å². The quantitative estimate of drug-likeness (QED) is 0.766. The van der Waals surface area contributed by atoms with E-state index in [1.165, 1.54) is 0 Å². The van der Waals surface area contributed by atoms with Crippen molar-refractivity contribution in [2.75, 3.05) is 0 Å². The first-order valence-corrected chi connectivity index (χ1v) is 7.86. The second kappa shape index (κ2) is 5.88. The summed E-state index contributed by atoms with van der Waals surface area (Å²) in [6.07, 6.45) is 1.02. The van der Waals surface area contributed by atoms with Gasteiger partial charge < -0.3 is 19.1 Å². The number of hydrogen-bond donors (Lipinski definition) is 1. The molecule has 4 nitrogen and oxygen atoms in total. The Labute approximate surface area is 131 Å². The predicted molar refractivity (Wildman–Crippen MR) is 87.1 cm³/mol.